The highest BCUT2D eigenvalue weighted by Gasteiger charge is 2.33. The summed E-state index contributed by atoms with van der Waals surface area (Å²) in [6, 6.07) is 9.67. The molecular weight excluding hydrogens is 266 g/mol. The van der Waals surface area contributed by atoms with Gasteiger partial charge in [0.2, 0.25) is 17.6 Å². The second-order valence-corrected chi connectivity index (χ2v) is 5.32. The molecule has 1 aliphatic rings. The molecule has 2 aromatic rings. The quantitative estimate of drug-likeness (QED) is 0.865. The molecule has 1 fully saturated rings. The van der Waals surface area contributed by atoms with Gasteiger partial charge in [-0.15, -0.1) is 0 Å². The van der Waals surface area contributed by atoms with Crippen LogP contribution in [-0.2, 0) is 4.79 Å². The molecule has 1 aromatic carbocycles. The number of likely N-dealkylation sites (tertiary alicyclic amines) is 1. The van der Waals surface area contributed by atoms with E-state index in [-0.39, 0.29) is 11.9 Å². The number of hydrogen-bond acceptors (Lipinski definition) is 4. The maximum Gasteiger partial charge on any atom is 0.249 e. The molecule has 0 aliphatic carbocycles. The van der Waals surface area contributed by atoms with Crippen molar-refractivity contribution in [1.82, 2.24) is 15.0 Å². The first-order valence-corrected chi connectivity index (χ1v) is 7.48. The van der Waals surface area contributed by atoms with Gasteiger partial charge >= 0.3 is 0 Å². The molecule has 0 bridgehead atoms. The molecule has 1 saturated heterocycles. The average molecular weight is 285 g/mol. The van der Waals surface area contributed by atoms with Crippen LogP contribution in [-0.4, -0.2) is 27.5 Å². The molecule has 2 heterocycles. The largest absolute Gasteiger partial charge is 0.337 e. The Morgan fingerprint density at radius 1 is 1.38 bits per heavy atom. The van der Waals surface area contributed by atoms with Gasteiger partial charge in [-0.2, -0.15) is 4.98 Å². The van der Waals surface area contributed by atoms with Crippen molar-refractivity contribution in [2.45, 2.75) is 38.6 Å². The average Bonchev–Trinajstić information content (AvgIpc) is 3.17. The first kappa shape index (κ1) is 13.8. The number of amides is 1. The highest BCUT2D eigenvalue weighted by Crippen LogP contribution is 2.32. The number of carbonyl (C=O) groups is 1. The van der Waals surface area contributed by atoms with Crippen LogP contribution in [0.15, 0.2) is 34.9 Å². The van der Waals surface area contributed by atoms with Crippen molar-refractivity contribution < 1.29 is 9.32 Å². The molecule has 21 heavy (non-hydrogen) atoms. The Balaban J connectivity index is 1.81. The van der Waals surface area contributed by atoms with Gasteiger partial charge in [0.05, 0.1) is 0 Å². The smallest absolute Gasteiger partial charge is 0.249 e. The van der Waals surface area contributed by atoms with E-state index in [0.717, 1.165) is 31.4 Å². The summed E-state index contributed by atoms with van der Waals surface area (Å²) < 4.78 is 5.41. The fourth-order valence-electron chi connectivity index (χ4n) is 2.75. The van der Waals surface area contributed by atoms with E-state index in [9.17, 15) is 4.79 Å². The fraction of sp³-hybridized carbons (Fsp3) is 0.438. The van der Waals surface area contributed by atoms with Crippen molar-refractivity contribution in [2.75, 3.05) is 6.54 Å². The summed E-state index contributed by atoms with van der Waals surface area (Å²) in [6.07, 6.45) is 3.33. The van der Waals surface area contributed by atoms with Crippen LogP contribution in [0.25, 0.3) is 11.4 Å². The van der Waals surface area contributed by atoms with Crippen molar-refractivity contribution >= 4 is 5.91 Å². The molecule has 1 aliphatic heterocycles. The monoisotopic (exact) mass is 285 g/mol. The van der Waals surface area contributed by atoms with Crippen LogP contribution < -0.4 is 0 Å². The minimum absolute atomic E-state index is 0.0611. The number of hydrogen-bond donors (Lipinski definition) is 0. The van der Waals surface area contributed by atoms with Gasteiger partial charge in [0.1, 0.15) is 6.04 Å². The SMILES string of the molecule is CCCC(=O)N1CCC[C@@H]1c1nc(-c2ccccc2)no1. The Labute approximate surface area is 124 Å². The lowest BCUT2D eigenvalue weighted by molar-refractivity contribution is -0.132. The number of nitrogens with zero attached hydrogens (tertiary/aromatic N) is 3. The highest BCUT2D eigenvalue weighted by molar-refractivity contribution is 5.76. The van der Waals surface area contributed by atoms with Crippen molar-refractivity contribution in [1.29, 1.82) is 0 Å². The van der Waals surface area contributed by atoms with E-state index < -0.39 is 0 Å². The van der Waals surface area contributed by atoms with Gasteiger partial charge in [-0.25, -0.2) is 0 Å². The molecule has 0 spiro atoms. The van der Waals surface area contributed by atoms with Crippen LogP contribution in [0.5, 0.6) is 0 Å². The summed E-state index contributed by atoms with van der Waals surface area (Å²) >= 11 is 0. The van der Waals surface area contributed by atoms with Gasteiger partial charge in [0, 0.05) is 18.5 Å². The molecule has 0 unspecified atom stereocenters. The first-order chi connectivity index (χ1) is 10.3. The van der Waals surface area contributed by atoms with Crippen molar-refractivity contribution in [3.63, 3.8) is 0 Å². The van der Waals surface area contributed by atoms with E-state index in [1.165, 1.54) is 0 Å². The third kappa shape index (κ3) is 2.82. The van der Waals surface area contributed by atoms with Crippen LogP contribution in [0.4, 0.5) is 0 Å². The van der Waals surface area contributed by atoms with Crippen LogP contribution in [0, 0.1) is 0 Å². The summed E-state index contributed by atoms with van der Waals surface area (Å²) in [5, 5.41) is 4.05. The zero-order valence-corrected chi connectivity index (χ0v) is 12.2. The van der Waals surface area contributed by atoms with Crippen LogP contribution in [0.2, 0.25) is 0 Å². The van der Waals surface area contributed by atoms with Gasteiger partial charge in [-0.3, -0.25) is 4.79 Å². The number of benzene rings is 1. The van der Waals surface area contributed by atoms with Crippen LogP contribution in [0.1, 0.15) is 44.5 Å². The van der Waals surface area contributed by atoms with Gasteiger partial charge in [-0.05, 0) is 19.3 Å². The second-order valence-electron chi connectivity index (χ2n) is 5.32. The summed E-state index contributed by atoms with van der Waals surface area (Å²) in [7, 11) is 0. The Morgan fingerprint density at radius 3 is 2.95 bits per heavy atom. The molecule has 110 valence electrons. The number of aromatic nitrogens is 2. The van der Waals surface area contributed by atoms with E-state index in [1.807, 2.05) is 42.2 Å². The molecule has 5 nitrogen and oxygen atoms in total. The molecule has 0 radical (unpaired) electrons. The third-order valence-electron chi connectivity index (χ3n) is 3.80. The molecule has 5 heteroatoms. The normalized spacial score (nSPS) is 18.1. The predicted molar refractivity (Wildman–Crippen MR) is 78.3 cm³/mol. The molecule has 0 N–H and O–H groups in total. The Kier molecular flexibility index (Phi) is 3.99. The molecule has 3 rings (SSSR count). The molecule has 1 aromatic heterocycles. The topological polar surface area (TPSA) is 59.2 Å². The summed E-state index contributed by atoms with van der Waals surface area (Å²) in [6.45, 7) is 2.80. The number of rotatable bonds is 4. The Morgan fingerprint density at radius 2 is 2.19 bits per heavy atom. The molecule has 0 saturated carbocycles. The maximum atomic E-state index is 12.1. The zero-order valence-electron chi connectivity index (χ0n) is 12.2. The minimum atomic E-state index is -0.0611. The zero-order chi connectivity index (χ0) is 14.7. The summed E-state index contributed by atoms with van der Waals surface area (Å²) in [4.78, 5) is 18.5. The van der Waals surface area contributed by atoms with Crippen molar-refractivity contribution in [3.05, 3.63) is 36.2 Å². The van der Waals surface area contributed by atoms with E-state index in [0.29, 0.717) is 18.1 Å². The molecule has 1 amide bonds. The third-order valence-corrected chi connectivity index (χ3v) is 3.80. The van der Waals surface area contributed by atoms with Gasteiger partial charge < -0.3 is 9.42 Å². The van der Waals surface area contributed by atoms with Crippen molar-refractivity contribution in [2.24, 2.45) is 0 Å². The van der Waals surface area contributed by atoms with Gasteiger partial charge in [0.25, 0.3) is 0 Å². The van der Waals surface area contributed by atoms with E-state index in [1.54, 1.807) is 0 Å². The Bertz CT molecular complexity index is 609. The standard InChI is InChI=1S/C16H19N3O2/c1-2-7-14(20)19-11-6-10-13(19)16-17-15(18-21-16)12-8-4-3-5-9-12/h3-5,8-9,13H,2,6-7,10-11H2,1H3/t13-/m1/s1. The predicted octanol–water partition coefficient (Wildman–Crippen LogP) is 3.20. The van der Waals surface area contributed by atoms with E-state index in [2.05, 4.69) is 10.1 Å². The number of carbonyl (C=O) groups excluding carboxylic acids is 1. The van der Waals surface area contributed by atoms with Gasteiger partial charge in [-0.1, -0.05) is 42.4 Å². The first-order valence-electron chi connectivity index (χ1n) is 7.48. The lowest BCUT2D eigenvalue weighted by Gasteiger charge is -2.21. The molecule has 1 atom stereocenters. The fourth-order valence-corrected chi connectivity index (χ4v) is 2.75. The van der Waals surface area contributed by atoms with E-state index in [4.69, 9.17) is 4.52 Å². The van der Waals surface area contributed by atoms with Crippen LogP contribution >= 0.6 is 0 Å². The maximum absolute atomic E-state index is 12.1. The molecular formula is C16H19N3O2. The van der Waals surface area contributed by atoms with Crippen molar-refractivity contribution in [3.8, 4) is 11.4 Å². The van der Waals surface area contributed by atoms with Gasteiger partial charge in [0.15, 0.2) is 0 Å². The Hall–Kier alpha value is -2.17. The van der Waals surface area contributed by atoms with Crippen LogP contribution in [0.3, 0.4) is 0 Å². The second kappa shape index (κ2) is 6.08. The summed E-state index contributed by atoms with van der Waals surface area (Å²) in [5.41, 5.74) is 0.928. The lowest BCUT2D eigenvalue weighted by Crippen LogP contribution is -2.30. The van der Waals surface area contributed by atoms with E-state index >= 15 is 0 Å². The summed E-state index contributed by atoms with van der Waals surface area (Å²) in [5.74, 6) is 1.32. The highest BCUT2D eigenvalue weighted by atomic mass is 16.5. The minimum Gasteiger partial charge on any atom is -0.337 e. The lowest BCUT2D eigenvalue weighted by atomic mass is 10.2.